The number of rotatable bonds is 2. The van der Waals surface area contributed by atoms with Crippen LogP contribution < -0.4 is 0 Å². The lowest BCUT2D eigenvalue weighted by molar-refractivity contribution is -0.312. The third-order valence-corrected chi connectivity index (χ3v) is 3.76. The van der Waals surface area contributed by atoms with Gasteiger partial charge in [0.25, 0.3) is 0 Å². The van der Waals surface area contributed by atoms with E-state index in [0.717, 1.165) is 0 Å². The van der Waals surface area contributed by atoms with Crippen molar-refractivity contribution in [2.75, 3.05) is 6.61 Å². The number of ether oxygens (including phenoxy) is 5. The Kier molecular flexibility index (Phi) is 5.00. The van der Waals surface area contributed by atoms with E-state index in [2.05, 4.69) is 15.9 Å². The van der Waals surface area contributed by atoms with E-state index < -0.39 is 47.7 Å². The normalized spacial score (nSPS) is 40.6. The summed E-state index contributed by atoms with van der Waals surface area (Å²) >= 11 is 3.29. The summed E-state index contributed by atoms with van der Waals surface area (Å²) in [6.07, 6.45) is -2.90. The summed E-state index contributed by atoms with van der Waals surface area (Å²) in [5.74, 6) is -0.964. The quantitative estimate of drug-likeness (QED) is 0.535. The van der Waals surface area contributed by atoms with E-state index in [0.29, 0.717) is 6.61 Å². The van der Waals surface area contributed by atoms with Gasteiger partial charge in [0, 0.05) is 13.8 Å². The van der Waals surface area contributed by atoms with Crippen molar-refractivity contribution in [2.24, 2.45) is 0 Å². The zero-order valence-corrected chi connectivity index (χ0v) is 13.0. The second-order valence-corrected chi connectivity index (χ2v) is 5.58. The minimum absolute atomic E-state index is 0.318. The van der Waals surface area contributed by atoms with Gasteiger partial charge in [0.15, 0.2) is 23.5 Å². The van der Waals surface area contributed by atoms with Crippen molar-refractivity contribution in [3.05, 3.63) is 0 Å². The molecule has 0 amide bonds. The summed E-state index contributed by atoms with van der Waals surface area (Å²) in [4.78, 5) is 22.5. The van der Waals surface area contributed by atoms with Gasteiger partial charge in [-0.15, -0.1) is 0 Å². The molecule has 0 radical (unpaired) electrons. The molecule has 0 bridgehead atoms. The smallest absolute Gasteiger partial charge is 0.303 e. The van der Waals surface area contributed by atoms with Gasteiger partial charge in [0.1, 0.15) is 12.2 Å². The van der Waals surface area contributed by atoms with E-state index in [1.807, 2.05) is 0 Å². The van der Waals surface area contributed by atoms with Crippen molar-refractivity contribution in [2.45, 2.75) is 56.5 Å². The minimum atomic E-state index is -0.775. The summed E-state index contributed by atoms with van der Waals surface area (Å²) in [6, 6.07) is 0. The molecule has 2 fully saturated rings. The van der Waals surface area contributed by atoms with Gasteiger partial charge in [-0.05, 0) is 6.92 Å². The number of hydrogen-bond acceptors (Lipinski definition) is 7. The van der Waals surface area contributed by atoms with Crippen LogP contribution in [0.3, 0.4) is 0 Å². The van der Waals surface area contributed by atoms with Gasteiger partial charge >= 0.3 is 11.9 Å². The second kappa shape index (κ2) is 6.38. The molecule has 0 aromatic carbocycles. The van der Waals surface area contributed by atoms with Crippen LogP contribution in [0.4, 0.5) is 0 Å². The zero-order valence-electron chi connectivity index (χ0n) is 11.4. The lowest BCUT2D eigenvalue weighted by atomic mass is 9.99. The molecule has 7 nitrogen and oxygen atoms in total. The second-order valence-electron chi connectivity index (χ2n) is 4.68. The predicted molar refractivity (Wildman–Crippen MR) is 69.0 cm³/mol. The molecule has 114 valence electrons. The van der Waals surface area contributed by atoms with E-state index in [4.69, 9.17) is 23.7 Å². The van der Waals surface area contributed by atoms with Gasteiger partial charge < -0.3 is 23.7 Å². The fraction of sp³-hybridized carbons (Fsp3) is 0.833. The van der Waals surface area contributed by atoms with Gasteiger partial charge in [-0.2, -0.15) is 0 Å². The van der Waals surface area contributed by atoms with Gasteiger partial charge in [-0.25, -0.2) is 0 Å². The lowest BCUT2D eigenvalue weighted by Crippen LogP contribution is -2.63. The number of carbonyl (C=O) groups excluding carboxylic acids is 2. The Morgan fingerprint density at radius 3 is 2.30 bits per heavy atom. The van der Waals surface area contributed by atoms with E-state index in [9.17, 15) is 9.59 Å². The Morgan fingerprint density at radius 2 is 1.70 bits per heavy atom. The van der Waals surface area contributed by atoms with E-state index >= 15 is 0 Å². The largest absolute Gasteiger partial charge is 0.456 e. The van der Waals surface area contributed by atoms with E-state index in [1.54, 1.807) is 6.92 Å². The number of carbonyl (C=O) groups is 2. The topological polar surface area (TPSA) is 80.3 Å². The molecule has 20 heavy (non-hydrogen) atoms. The van der Waals surface area contributed by atoms with Crippen LogP contribution in [0.1, 0.15) is 20.8 Å². The van der Waals surface area contributed by atoms with Crippen molar-refractivity contribution < 1.29 is 33.3 Å². The minimum Gasteiger partial charge on any atom is -0.456 e. The Hall–Kier alpha value is -0.700. The van der Waals surface area contributed by atoms with Gasteiger partial charge in [0.2, 0.25) is 0 Å². The number of halogens is 1. The van der Waals surface area contributed by atoms with E-state index in [-0.39, 0.29) is 0 Å². The molecule has 6 atom stereocenters. The van der Waals surface area contributed by atoms with Crippen LogP contribution in [0, 0.1) is 0 Å². The average Bonchev–Trinajstić information content (AvgIpc) is 2.33. The first-order valence-electron chi connectivity index (χ1n) is 6.29. The van der Waals surface area contributed by atoms with Crippen molar-refractivity contribution in [1.29, 1.82) is 0 Å². The fourth-order valence-corrected chi connectivity index (χ4v) is 2.98. The molecular formula is C12H17BrO7. The molecule has 0 spiro atoms. The fourth-order valence-electron chi connectivity index (χ4n) is 2.30. The number of fused-ring (bicyclic) bond motifs is 1. The molecule has 0 aliphatic carbocycles. The maximum Gasteiger partial charge on any atom is 0.303 e. The van der Waals surface area contributed by atoms with Crippen LogP contribution in [0.2, 0.25) is 0 Å². The summed E-state index contributed by atoms with van der Waals surface area (Å²) in [5, 5.41) is -0.599. The van der Waals surface area contributed by atoms with Crippen molar-refractivity contribution in [3.63, 3.8) is 0 Å². The first-order valence-corrected chi connectivity index (χ1v) is 7.21. The summed E-state index contributed by atoms with van der Waals surface area (Å²) in [6.45, 7) is 4.63. The molecule has 1 unspecified atom stereocenters. The van der Waals surface area contributed by atoms with E-state index in [1.165, 1.54) is 13.8 Å². The molecule has 8 heteroatoms. The van der Waals surface area contributed by atoms with Crippen LogP contribution >= 0.6 is 15.9 Å². The number of hydrogen-bond donors (Lipinski definition) is 0. The highest BCUT2D eigenvalue weighted by atomic mass is 79.9. The molecule has 0 saturated carbocycles. The average molecular weight is 353 g/mol. The van der Waals surface area contributed by atoms with Crippen molar-refractivity contribution in [3.8, 4) is 0 Å². The molecule has 0 aromatic heterocycles. The SMILES string of the molecule is CC(=O)O[C@@H]1[C@@H](OC(C)=O)[C@@H](Br)O[C@@H]2COC(C)O[C@@H]12. The van der Waals surface area contributed by atoms with Crippen molar-refractivity contribution >= 4 is 27.9 Å². The third kappa shape index (κ3) is 3.49. The molecule has 2 rings (SSSR count). The monoisotopic (exact) mass is 352 g/mol. The van der Waals surface area contributed by atoms with Crippen molar-refractivity contribution in [1.82, 2.24) is 0 Å². The standard InChI is InChI=1S/C12H17BrO7/c1-5(14)17-10-9-8(4-16-7(3)19-9)20-12(13)11(10)18-6(2)15/h7-12H,4H2,1-3H3/t7?,8-,9-,10+,11-,12+/m1/s1. The first kappa shape index (κ1) is 15.7. The summed E-state index contributed by atoms with van der Waals surface area (Å²) < 4.78 is 27.1. The number of esters is 2. The van der Waals surface area contributed by atoms with Crippen LogP contribution in [-0.4, -0.2) is 54.3 Å². The molecule has 2 aliphatic heterocycles. The molecule has 2 aliphatic rings. The maximum absolute atomic E-state index is 11.3. The highest BCUT2D eigenvalue weighted by Gasteiger charge is 2.51. The Labute approximate surface area is 125 Å². The molecule has 2 saturated heterocycles. The van der Waals surface area contributed by atoms with Crippen LogP contribution in [-0.2, 0) is 33.3 Å². The molecule has 0 N–H and O–H groups in total. The highest BCUT2D eigenvalue weighted by molar-refractivity contribution is 9.09. The Morgan fingerprint density at radius 1 is 1.10 bits per heavy atom. The third-order valence-electron chi connectivity index (χ3n) is 3.03. The molecular weight excluding hydrogens is 336 g/mol. The molecule has 0 aromatic rings. The highest BCUT2D eigenvalue weighted by Crippen LogP contribution is 2.34. The van der Waals surface area contributed by atoms with Gasteiger partial charge in [0.05, 0.1) is 6.61 Å². The van der Waals surface area contributed by atoms with Crippen LogP contribution in [0.15, 0.2) is 0 Å². The number of alkyl halides is 1. The van der Waals surface area contributed by atoms with Crippen LogP contribution in [0.5, 0.6) is 0 Å². The predicted octanol–water partition coefficient (Wildman–Crippen LogP) is 0.731. The lowest BCUT2D eigenvalue weighted by Gasteiger charge is -2.46. The zero-order chi connectivity index (χ0) is 14.9. The van der Waals surface area contributed by atoms with Gasteiger partial charge in [-0.1, -0.05) is 15.9 Å². The Balaban J connectivity index is 2.21. The maximum atomic E-state index is 11.3. The summed E-state index contributed by atoms with van der Waals surface area (Å²) in [5.41, 5.74) is 0. The van der Waals surface area contributed by atoms with Gasteiger partial charge in [-0.3, -0.25) is 9.59 Å². The summed E-state index contributed by atoms with van der Waals surface area (Å²) in [7, 11) is 0. The first-order chi connectivity index (χ1) is 9.38. The van der Waals surface area contributed by atoms with Crippen LogP contribution in [0.25, 0.3) is 0 Å². The Bertz CT molecular complexity index is 388. The molecule has 2 heterocycles.